The molecule has 2 heterocycles. The summed E-state index contributed by atoms with van der Waals surface area (Å²) in [5.74, 6) is 1.41. The molecule has 0 bridgehead atoms. The molecule has 6 nitrogen and oxygen atoms in total. The summed E-state index contributed by atoms with van der Waals surface area (Å²) < 4.78 is 39.4. The summed E-state index contributed by atoms with van der Waals surface area (Å²) in [7, 11) is -1.51. The number of thioether (sulfide) groups is 1. The van der Waals surface area contributed by atoms with Gasteiger partial charge in [-0.15, -0.1) is 11.8 Å². The molecule has 2 aromatic rings. The molecule has 29 heavy (non-hydrogen) atoms. The predicted octanol–water partition coefficient (Wildman–Crippen LogP) is 3.09. The van der Waals surface area contributed by atoms with Crippen LogP contribution in [0.2, 0.25) is 0 Å². The largest absolute Gasteiger partial charge is 0.493 e. The van der Waals surface area contributed by atoms with Crippen molar-refractivity contribution in [2.24, 2.45) is 0 Å². The number of anilines is 1. The number of likely N-dealkylation sites (N-methyl/N-ethyl adjacent to an activating group) is 1. The number of sulfonamides is 1. The monoisotopic (exact) mass is 434 g/mol. The average Bonchev–Trinajstić information content (AvgIpc) is 2.72. The Morgan fingerprint density at radius 2 is 1.90 bits per heavy atom. The first kappa shape index (κ1) is 20.5. The van der Waals surface area contributed by atoms with Crippen LogP contribution in [0.15, 0.2) is 58.3 Å². The number of likely N-dealkylation sites (tertiary alicyclic amines) is 1. The second kappa shape index (κ2) is 8.95. The zero-order valence-corrected chi connectivity index (χ0v) is 18.1. The van der Waals surface area contributed by atoms with Crippen molar-refractivity contribution in [3.05, 3.63) is 48.5 Å². The predicted molar refractivity (Wildman–Crippen MR) is 115 cm³/mol. The minimum atomic E-state index is -3.59. The number of ether oxygens (including phenoxy) is 2. The summed E-state index contributed by atoms with van der Waals surface area (Å²) in [5, 5.41) is 0. The van der Waals surface area contributed by atoms with E-state index in [-0.39, 0.29) is 0 Å². The van der Waals surface area contributed by atoms with Crippen LogP contribution >= 0.6 is 11.8 Å². The molecular formula is C21H26N2O4S2. The molecule has 0 saturated carbocycles. The van der Waals surface area contributed by atoms with E-state index in [4.69, 9.17) is 9.47 Å². The number of benzene rings is 2. The van der Waals surface area contributed by atoms with Crippen molar-refractivity contribution in [2.75, 3.05) is 50.0 Å². The summed E-state index contributed by atoms with van der Waals surface area (Å²) >= 11 is 1.67. The molecule has 0 aliphatic carbocycles. The summed E-state index contributed by atoms with van der Waals surface area (Å²) in [6, 6.07) is 14.3. The Balaban J connectivity index is 1.40. The van der Waals surface area contributed by atoms with Gasteiger partial charge in [-0.05, 0) is 31.3 Å². The van der Waals surface area contributed by atoms with Crippen LogP contribution in [0.5, 0.6) is 5.75 Å². The first-order chi connectivity index (χ1) is 14.0. The highest BCUT2D eigenvalue weighted by molar-refractivity contribution is 8.00. The SMILES string of the molecule is CN1CC(OCCCOc2ccc3c(c2)N(S(=O)(=O)c2ccccc2)CCS3)C1. The molecule has 0 radical (unpaired) electrons. The van der Waals surface area contributed by atoms with Crippen LogP contribution in [-0.4, -0.2) is 65.1 Å². The van der Waals surface area contributed by atoms with Crippen molar-refractivity contribution in [3.8, 4) is 5.75 Å². The molecule has 156 valence electrons. The van der Waals surface area contributed by atoms with Crippen LogP contribution in [-0.2, 0) is 14.8 Å². The van der Waals surface area contributed by atoms with Crippen LogP contribution in [0, 0.1) is 0 Å². The molecule has 0 spiro atoms. The molecular weight excluding hydrogens is 408 g/mol. The number of nitrogens with zero attached hydrogens (tertiary/aromatic N) is 2. The quantitative estimate of drug-likeness (QED) is 0.595. The molecule has 2 aliphatic heterocycles. The van der Waals surface area contributed by atoms with E-state index in [9.17, 15) is 8.42 Å². The van der Waals surface area contributed by atoms with Gasteiger partial charge in [-0.2, -0.15) is 0 Å². The Bertz CT molecular complexity index is 931. The van der Waals surface area contributed by atoms with Crippen LogP contribution in [0.25, 0.3) is 0 Å². The Hall–Kier alpha value is -1.74. The van der Waals surface area contributed by atoms with Crippen molar-refractivity contribution in [1.82, 2.24) is 4.90 Å². The maximum atomic E-state index is 13.1. The van der Waals surface area contributed by atoms with E-state index in [0.717, 1.165) is 30.2 Å². The highest BCUT2D eigenvalue weighted by Crippen LogP contribution is 2.39. The average molecular weight is 435 g/mol. The zero-order chi connectivity index (χ0) is 20.3. The fraction of sp³-hybridized carbons (Fsp3) is 0.429. The second-order valence-corrected chi connectivity index (χ2v) is 10.3. The molecule has 1 fully saturated rings. The lowest BCUT2D eigenvalue weighted by Gasteiger charge is -2.35. The maximum Gasteiger partial charge on any atom is 0.264 e. The van der Waals surface area contributed by atoms with E-state index >= 15 is 0 Å². The van der Waals surface area contributed by atoms with E-state index in [1.165, 1.54) is 4.31 Å². The highest BCUT2D eigenvalue weighted by atomic mass is 32.2. The Morgan fingerprint density at radius 1 is 1.10 bits per heavy atom. The van der Waals surface area contributed by atoms with Gasteiger partial charge < -0.3 is 14.4 Å². The van der Waals surface area contributed by atoms with Crippen LogP contribution in [0.4, 0.5) is 5.69 Å². The van der Waals surface area contributed by atoms with Gasteiger partial charge in [0.25, 0.3) is 10.0 Å². The van der Waals surface area contributed by atoms with Crippen molar-refractivity contribution in [2.45, 2.75) is 22.3 Å². The molecule has 1 saturated heterocycles. The summed E-state index contributed by atoms with van der Waals surface area (Å²) in [6.45, 7) is 3.65. The van der Waals surface area contributed by atoms with Gasteiger partial charge in [0.2, 0.25) is 0 Å². The van der Waals surface area contributed by atoms with E-state index in [2.05, 4.69) is 11.9 Å². The number of rotatable bonds is 8. The lowest BCUT2D eigenvalue weighted by Crippen LogP contribution is -2.49. The minimum absolute atomic E-state index is 0.308. The molecule has 4 rings (SSSR count). The minimum Gasteiger partial charge on any atom is -0.493 e. The lowest BCUT2D eigenvalue weighted by atomic mass is 10.2. The van der Waals surface area contributed by atoms with Gasteiger partial charge in [-0.3, -0.25) is 4.31 Å². The molecule has 0 unspecified atom stereocenters. The molecule has 0 atom stereocenters. The van der Waals surface area contributed by atoms with Gasteiger partial charge >= 0.3 is 0 Å². The zero-order valence-electron chi connectivity index (χ0n) is 16.5. The Morgan fingerprint density at radius 3 is 2.66 bits per heavy atom. The maximum absolute atomic E-state index is 13.1. The van der Waals surface area contributed by atoms with Crippen LogP contribution < -0.4 is 9.04 Å². The Labute approximate surface area is 176 Å². The van der Waals surface area contributed by atoms with Gasteiger partial charge in [-0.25, -0.2) is 8.42 Å². The van der Waals surface area contributed by atoms with Gasteiger partial charge in [0, 0.05) is 42.8 Å². The van der Waals surface area contributed by atoms with Crippen molar-refractivity contribution < 1.29 is 17.9 Å². The van der Waals surface area contributed by atoms with E-state index in [0.29, 0.717) is 42.2 Å². The van der Waals surface area contributed by atoms with E-state index < -0.39 is 10.0 Å². The number of hydrogen-bond acceptors (Lipinski definition) is 6. The van der Waals surface area contributed by atoms with Gasteiger partial charge in [0.15, 0.2) is 0 Å². The molecule has 0 amide bonds. The molecule has 0 aromatic heterocycles. The fourth-order valence-corrected chi connectivity index (χ4v) is 6.12. The first-order valence-corrected chi connectivity index (χ1v) is 12.2. The van der Waals surface area contributed by atoms with Crippen LogP contribution in [0.3, 0.4) is 0 Å². The molecule has 8 heteroatoms. The van der Waals surface area contributed by atoms with Crippen molar-refractivity contribution >= 4 is 27.5 Å². The molecule has 2 aliphatic rings. The number of fused-ring (bicyclic) bond motifs is 1. The normalized spacial score (nSPS) is 17.6. The second-order valence-electron chi connectivity index (χ2n) is 7.28. The van der Waals surface area contributed by atoms with Crippen molar-refractivity contribution in [3.63, 3.8) is 0 Å². The van der Waals surface area contributed by atoms with Gasteiger partial charge in [0.1, 0.15) is 5.75 Å². The van der Waals surface area contributed by atoms with Crippen LogP contribution in [0.1, 0.15) is 6.42 Å². The fourth-order valence-electron chi connectivity index (χ4n) is 3.48. The lowest BCUT2D eigenvalue weighted by molar-refractivity contribution is -0.0457. The summed E-state index contributed by atoms with van der Waals surface area (Å²) in [5.41, 5.74) is 0.691. The third-order valence-corrected chi connectivity index (χ3v) is 7.89. The summed E-state index contributed by atoms with van der Waals surface area (Å²) in [6.07, 6.45) is 1.15. The first-order valence-electron chi connectivity index (χ1n) is 9.81. The van der Waals surface area contributed by atoms with Gasteiger partial charge in [-0.1, -0.05) is 18.2 Å². The number of hydrogen-bond donors (Lipinski definition) is 0. The Kier molecular flexibility index (Phi) is 6.34. The van der Waals surface area contributed by atoms with Gasteiger partial charge in [0.05, 0.1) is 29.9 Å². The van der Waals surface area contributed by atoms with Crippen molar-refractivity contribution in [1.29, 1.82) is 0 Å². The third kappa shape index (κ3) is 4.71. The topological polar surface area (TPSA) is 59.1 Å². The third-order valence-electron chi connectivity index (χ3n) is 5.02. The smallest absolute Gasteiger partial charge is 0.264 e. The molecule has 2 aromatic carbocycles. The highest BCUT2D eigenvalue weighted by Gasteiger charge is 2.29. The molecule has 0 N–H and O–H groups in total. The van der Waals surface area contributed by atoms with E-state index in [1.54, 1.807) is 36.0 Å². The van der Waals surface area contributed by atoms with E-state index in [1.807, 2.05) is 24.3 Å². The summed E-state index contributed by atoms with van der Waals surface area (Å²) in [4.78, 5) is 3.49. The standard InChI is InChI=1S/C21H26N2O4S2/c1-22-15-18(16-22)27-12-5-11-26-17-8-9-21-20(14-17)23(10-13-28-21)29(24,25)19-6-3-2-4-7-19/h2-4,6-9,14,18H,5,10-13,15-16H2,1H3.